The number of nitrogens with zero attached hydrogens (tertiary/aromatic N) is 1. The van der Waals surface area contributed by atoms with Crippen molar-refractivity contribution in [3.05, 3.63) is 57.9 Å². The molecular weight excluding hydrogens is 368 g/mol. The van der Waals surface area contributed by atoms with Gasteiger partial charge in [0.25, 0.3) is 0 Å². The second-order valence-electron chi connectivity index (χ2n) is 7.44. The van der Waals surface area contributed by atoms with Gasteiger partial charge in [0, 0.05) is 29.6 Å². The van der Waals surface area contributed by atoms with Crippen molar-refractivity contribution in [2.45, 2.75) is 46.3 Å². The molecule has 2 heterocycles. The first-order chi connectivity index (χ1) is 13.8. The first-order valence-corrected chi connectivity index (χ1v) is 9.59. The zero-order valence-electron chi connectivity index (χ0n) is 17.5. The molecule has 0 saturated carbocycles. The van der Waals surface area contributed by atoms with E-state index in [-0.39, 0.29) is 6.10 Å². The first-order valence-electron chi connectivity index (χ1n) is 9.59. The van der Waals surface area contributed by atoms with Gasteiger partial charge >= 0.3 is 0 Å². The summed E-state index contributed by atoms with van der Waals surface area (Å²) in [4.78, 5) is 17.0. The molecule has 1 aliphatic rings. The average Bonchev–Trinajstić information content (AvgIpc) is 2.68. The lowest BCUT2D eigenvalue weighted by Crippen LogP contribution is -2.29. The van der Waals surface area contributed by atoms with Gasteiger partial charge in [0.15, 0.2) is 0 Å². The number of pyridine rings is 1. The van der Waals surface area contributed by atoms with Gasteiger partial charge in [-0.05, 0) is 44.9 Å². The number of rotatable bonds is 6. The predicted octanol–water partition coefficient (Wildman–Crippen LogP) is 2.96. The lowest BCUT2D eigenvalue weighted by Gasteiger charge is -2.33. The molecule has 0 fully saturated rings. The van der Waals surface area contributed by atoms with Crippen LogP contribution in [-0.2, 0) is 11.3 Å². The highest BCUT2D eigenvalue weighted by atomic mass is 16.5. The molecule has 0 bridgehead atoms. The van der Waals surface area contributed by atoms with Gasteiger partial charge in [-0.3, -0.25) is 4.79 Å². The Morgan fingerprint density at radius 3 is 2.62 bits per heavy atom. The van der Waals surface area contributed by atoms with E-state index >= 15 is 0 Å². The largest absolute Gasteiger partial charge is 0.496 e. The van der Waals surface area contributed by atoms with Crippen molar-refractivity contribution in [3.63, 3.8) is 0 Å². The summed E-state index contributed by atoms with van der Waals surface area (Å²) in [6.45, 7) is 8.07. The number of amides is 1. The van der Waals surface area contributed by atoms with E-state index in [1.54, 1.807) is 13.3 Å². The molecule has 0 radical (unpaired) electrons. The number of methoxy groups -OCH3 is 1. The molecule has 29 heavy (non-hydrogen) atoms. The van der Waals surface area contributed by atoms with E-state index in [0.717, 1.165) is 27.9 Å². The van der Waals surface area contributed by atoms with Crippen LogP contribution in [0.5, 0.6) is 11.6 Å². The van der Waals surface area contributed by atoms with E-state index in [1.807, 2.05) is 45.9 Å². The highest BCUT2D eigenvalue weighted by Gasteiger charge is 2.37. The minimum absolute atomic E-state index is 0.0829. The smallest absolute Gasteiger partial charge is 0.247 e. The number of aromatic nitrogens is 1. The van der Waals surface area contributed by atoms with Gasteiger partial charge < -0.3 is 26.3 Å². The molecule has 7 heteroatoms. The number of fused-ring (bicyclic) bond motifs is 1. The maximum absolute atomic E-state index is 12.5. The second kappa shape index (κ2) is 8.13. The molecule has 0 saturated heterocycles. The molecule has 0 spiro atoms. The fraction of sp³-hybridized carbons (Fsp3) is 0.364. The first kappa shape index (κ1) is 20.7. The van der Waals surface area contributed by atoms with E-state index in [9.17, 15) is 4.79 Å². The maximum atomic E-state index is 12.5. The number of hydrogen-bond acceptors (Lipinski definition) is 6. The number of benzene rings is 1. The minimum Gasteiger partial charge on any atom is -0.496 e. The molecule has 7 nitrogen and oxygen atoms in total. The molecule has 5 N–H and O–H groups in total. The van der Waals surface area contributed by atoms with Crippen LogP contribution in [0.2, 0.25) is 0 Å². The molecule has 1 amide bonds. The summed E-state index contributed by atoms with van der Waals surface area (Å²) in [6, 6.07) is 5.75. The van der Waals surface area contributed by atoms with Crippen LogP contribution in [0.15, 0.2) is 35.7 Å². The molecule has 154 valence electrons. The highest BCUT2D eigenvalue weighted by Crippen LogP contribution is 2.48. The number of nitrogens with two attached hydrogens (primary N) is 2. The van der Waals surface area contributed by atoms with Gasteiger partial charge in [-0.1, -0.05) is 12.1 Å². The van der Waals surface area contributed by atoms with Crippen molar-refractivity contribution in [2.75, 3.05) is 12.4 Å². The predicted molar refractivity (Wildman–Crippen MR) is 113 cm³/mol. The van der Waals surface area contributed by atoms with Crippen LogP contribution in [0.4, 0.5) is 5.69 Å². The van der Waals surface area contributed by atoms with Crippen LogP contribution in [0.25, 0.3) is 0 Å². The van der Waals surface area contributed by atoms with Crippen molar-refractivity contribution in [1.29, 1.82) is 0 Å². The number of ether oxygens (including phenoxy) is 2. The quantitative estimate of drug-likeness (QED) is 0.692. The standard InChI is InChI=1S/C22H28N4O3/c1-11(2)29-22-19-18(15-7-6-14(9-23)8-16(15)28-5)17(21(24)27)13(4)26-20(19)12(3)10-25-22/h6-8,10-11,18,26H,9,23H2,1-5H3,(H2,24,27). The number of hydrogen-bond donors (Lipinski definition) is 3. The lowest BCUT2D eigenvalue weighted by atomic mass is 9.79. The fourth-order valence-corrected chi connectivity index (χ4v) is 3.73. The van der Waals surface area contributed by atoms with E-state index in [1.165, 1.54) is 0 Å². The third kappa shape index (κ3) is 3.78. The van der Waals surface area contributed by atoms with Crippen molar-refractivity contribution in [3.8, 4) is 11.6 Å². The van der Waals surface area contributed by atoms with E-state index in [2.05, 4.69) is 10.3 Å². The van der Waals surface area contributed by atoms with Crippen molar-refractivity contribution in [1.82, 2.24) is 4.98 Å². The van der Waals surface area contributed by atoms with Crippen molar-refractivity contribution in [2.24, 2.45) is 11.5 Å². The monoisotopic (exact) mass is 396 g/mol. The average molecular weight is 396 g/mol. The third-order valence-electron chi connectivity index (χ3n) is 5.02. The van der Waals surface area contributed by atoms with E-state index in [4.69, 9.17) is 20.9 Å². The summed E-state index contributed by atoms with van der Waals surface area (Å²) in [5.74, 6) is 0.114. The van der Waals surface area contributed by atoms with Crippen LogP contribution in [0.1, 0.15) is 48.9 Å². The summed E-state index contributed by atoms with van der Waals surface area (Å²) in [5, 5.41) is 3.33. The third-order valence-corrected chi connectivity index (χ3v) is 5.02. The zero-order valence-corrected chi connectivity index (χ0v) is 17.5. The number of primary amides is 1. The minimum atomic E-state index is -0.507. The summed E-state index contributed by atoms with van der Waals surface area (Å²) in [7, 11) is 1.60. The van der Waals surface area contributed by atoms with Crippen molar-refractivity contribution >= 4 is 11.6 Å². The molecule has 2 aromatic rings. The molecule has 1 aliphatic heterocycles. The Hall–Kier alpha value is -3.06. The second-order valence-corrected chi connectivity index (χ2v) is 7.44. The molecule has 1 aromatic heterocycles. The van der Waals surface area contributed by atoms with Gasteiger partial charge in [0.05, 0.1) is 30.4 Å². The van der Waals surface area contributed by atoms with Crippen LogP contribution >= 0.6 is 0 Å². The number of carbonyl (C=O) groups excluding carboxylic acids is 1. The molecule has 1 atom stereocenters. The number of aryl methyl sites for hydroxylation is 1. The Bertz CT molecular complexity index is 982. The topological polar surface area (TPSA) is 112 Å². The van der Waals surface area contributed by atoms with Crippen LogP contribution in [0.3, 0.4) is 0 Å². The van der Waals surface area contributed by atoms with Gasteiger partial charge in [0.2, 0.25) is 11.8 Å². The molecular formula is C22H28N4O3. The maximum Gasteiger partial charge on any atom is 0.247 e. The Morgan fingerprint density at radius 2 is 2.03 bits per heavy atom. The number of anilines is 1. The van der Waals surface area contributed by atoms with Crippen LogP contribution in [0, 0.1) is 6.92 Å². The van der Waals surface area contributed by atoms with E-state index in [0.29, 0.717) is 29.4 Å². The fourth-order valence-electron chi connectivity index (χ4n) is 3.73. The van der Waals surface area contributed by atoms with Crippen LogP contribution in [-0.4, -0.2) is 24.1 Å². The van der Waals surface area contributed by atoms with Crippen LogP contribution < -0.4 is 26.3 Å². The van der Waals surface area contributed by atoms with Gasteiger partial charge in [-0.25, -0.2) is 4.98 Å². The molecule has 1 unspecified atom stereocenters. The number of nitrogens with one attached hydrogen (secondary N) is 1. The Kier molecular flexibility index (Phi) is 5.79. The van der Waals surface area contributed by atoms with Gasteiger partial charge in [-0.2, -0.15) is 0 Å². The van der Waals surface area contributed by atoms with Gasteiger partial charge in [-0.15, -0.1) is 0 Å². The van der Waals surface area contributed by atoms with E-state index < -0.39 is 11.8 Å². The molecule has 1 aromatic carbocycles. The van der Waals surface area contributed by atoms with Crippen molar-refractivity contribution < 1.29 is 14.3 Å². The Balaban J connectivity index is 2.35. The summed E-state index contributed by atoms with van der Waals surface area (Å²) >= 11 is 0. The Labute approximate surface area is 171 Å². The summed E-state index contributed by atoms with van der Waals surface area (Å²) < 4.78 is 11.7. The summed E-state index contributed by atoms with van der Waals surface area (Å²) in [6.07, 6.45) is 1.68. The lowest BCUT2D eigenvalue weighted by molar-refractivity contribution is -0.114. The molecule has 0 aliphatic carbocycles. The van der Waals surface area contributed by atoms with Gasteiger partial charge in [0.1, 0.15) is 5.75 Å². The zero-order chi connectivity index (χ0) is 21.3. The molecule has 3 rings (SSSR count). The summed E-state index contributed by atoms with van der Waals surface area (Å²) in [5.41, 5.74) is 17.1. The Morgan fingerprint density at radius 1 is 1.31 bits per heavy atom. The SMILES string of the molecule is COc1cc(CN)ccc1C1C(C(N)=O)=C(C)Nc2c(C)cnc(OC(C)C)c21. The number of carbonyl (C=O) groups is 1. The number of allylic oxidation sites excluding steroid dienone is 1. The highest BCUT2D eigenvalue weighted by molar-refractivity contribution is 5.98. The normalized spacial score (nSPS) is 15.8.